The standard InChI is InChI=1S/C14H19N5/c1-10(2)9-11-3-5-12(6-4-11)13-7-8-15-14-16-17-18-19(13)14/h3-6,10,13H,7-9H2,1-2H3,(H,15,16,18). The lowest BCUT2D eigenvalue weighted by Crippen LogP contribution is -2.24. The Kier molecular flexibility index (Phi) is 3.19. The van der Waals surface area contributed by atoms with Gasteiger partial charge in [0, 0.05) is 6.54 Å². The fraction of sp³-hybridized carbons (Fsp3) is 0.500. The third-order valence-corrected chi connectivity index (χ3v) is 3.50. The topological polar surface area (TPSA) is 55.6 Å². The number of benzene rings is 1. The molecule has 1 N–H and O–H groups in total. The van der Waals surface area contributed by atoms with Crippen LogP contribution in [0.5, 0.6) is 0 Å². The molecule has 19 heavy (non-hydrogen) atoms. The lowest BCUT2D eigenvalue weighted by Gasteiger charge is -2.23. The number of hydrogen-bond acceptors (Lipinski definition) is 4. The Hall–Kier alpha value is -1.91. The average molecular weight is 257 g/mol. The zero-order valence-electron chi connectivity index (χ0n) is 11.4. The van der Waals surface area contributed by atoms with Crippen LogP contribution in [0.2, 0.25) is 0 Å². The summed E-state index contributed by atoms with van der Waals surface area (Å²) in [6.45, 7) is 5.40. The van der Waals surface area contributed by atoms with Gasteiger partial charge in [0.25, 0.3) is 0 Å². The number of aromatic nitrogens is 4. The maximum atomic E-state index is 4.08. The molecular weight excluding hydrogens is 238 g/mol. The molecule has 2 aromatic rings. The van der Waals surface area contributed by atoms with Gasteiger partial charge in [0.15, 0.2) is 0 Å². The van der Waals surface area contributed by atoms with E-state index in [2.05, 4.69) is 59.0 Å². The molecule has 100 valence electrons. The van der Waals surface area contributed by atoms with E-state index in [4.69, 9.17) is 0 Å². The molecule has 1 aliphatic heterocycles. The molecule has 0 fully saturated rings. The SMILES string of the molecule is CC(C)Cc1ccc(C2CCNc3nnnn32)cc1. The summed E-state index contributed by atoms with van der Waals surface area (Å²) in [6, 6.07) is 9.11. The predicted molar refractivity (Wildman–Crippen MR) is 74.0 cm³/mol. The lowest BCUT2D eigenvalue weighted by atomic mass is 9.98. The molecule has 1 atom stereocenters. The van der Waals surface area contributed by atoms with Crippen molar-refractivity contribution in [2.45, 2.75) is 32.7 Å². The van der Waals surface area contributed by atoms with Crippen LogP contribution < -0.4 is 5.32 Å². The Morgan fingerprint density at radius 3 is 2.84 bits per heavy atom. The van der Waals surface area contributed by atoms with Crippen LogP contribution in [0.15, 0.2) is 24.3 Å². The molecule has 5 heteroatoms. The van der Waals surface area contributed by atoms with E-state index in [0.29, 0.717) is 5.92 Å². The second kappa shape index (κ2) is 4.99. The van der Waals surface area contributed by atoms with Crippen molar-refractivity contribution in [3.63, 3.8) is 0 Å². The number of nitrogens with one attached hydrogen (secondary N) is 1. The van der Waals surface area contributed by atoms with Crippen LogP contribution in [-0.2, 0) is 6.42 Å². The quantitative estimate of drug-likeness (QED) is 0.916. The van der Waals surface area contributed by atoms with Crippen LogP contribution in [0.25, 0.3) is 0 Å². The zero-order valence-corrected chi connectivity index (χ0v) is 11.4. The largest absolute Gasteiger partial charge is 0.353 e. The van der Waals surface area contributed by atoms with Crippen LogP contribution in [0.3, 0.4) is 0 Å². The van der Waals surface area contributed by atoms with E-state index in [1.54, 1.807) is 0 Å². The summed E-state index contributed by atoms with van der Waals surface area (Å²) in [5.41, 5.74) is 2.67. The van der Waals surface area contributed by atoms with Gasteiger partial charge in [0.05, 0.1) is 6.04 Å². The first kappa shape index (κ1) is 12.1. The molecular formula is C14H19N5. The molecule has 0 spiro atoms. The summed E-state index contributed by atoms with van der Waals surface area (Å²) in [5, 5.41) is 15.0. The second-order valence-electron chi connectivity index (χ2n) is 5.52. The normalized spacial score (nSPS) is 18.2. The molecule has 1 aromatic carbocycles. The van der Waals surface area contributed by atoms with Crippen molar-refractivity contribution in [3.8, 4) is 0 Å². The van der Waals surface area contributed by atoms with Crippen molar-refractivity contribution in [2.75, 3.05) is 11.9 Å². The van der Waals surface area contributed by atoms with Crippen molar-refractivity contribution in [3.05, 3.63) is 35.4 Å². The van der Waals surface area contributed by atoms with Crippen molar-refractivity contribution < 1.29 is 0 Å². The minimum atomic E-state index is 0.249. The maximum Gasteiger partial charge on any atom is 0.243 e. The molecule has 1 aliphatic rings. The van der Waals surface area contributed by atoms with Crippen molar-refractivity contribution >= 4 is 5.95 Å². The summed E-state index contributed by atoms with van der Waals surface area (Å²) in [5.74, 6) is 1.46. The number of tetrazole rings is 1. The van der Waals surface area contributed by atoms with Crippen LogP contribution in [0.4, 0.5) is 5.95 Å². The van der Waals surface area contributed by atoms with E-state index in [1.165, 1.54) is 11.1 Å². The second-order valence-corrected chi connectivity index (χ2v) is 5.52. The van der Waals surface area contributed by atoms with Gasteiger partial charge in [-0.25, -0.2) is 4.68 Å². The van der Waals surface area contributed by atoms with Crippen molar-refractivity contribution in [1.29, 1.82) is 0 Å². The lowest BCUT2D eigenvalue weighted by molar-refractivity contribution is 0.469. The fourth-order valence-corrected chi connectivity index (χ4v) is 2.62. The summed E-state index contributed by atoms with van der Waals surface area (Å²) in [7, 11) is 0. The molecule has 0 aliphatic carbocycles. The molecule has 2 heterocycles. The van der Waals surface area contributed by atoms with E-state index in [-0.39, 0.29) is 6.04 Å². The van der Waals surface area contributed by atoms with Gasteiger partial charge < -0.3 is 5.32 Å². The summed E-state index contributed by atoms with van der Waals surface area (Å²) < 4.78 is 1.88. The third-order valence-electron chi connectivity index (χ3n) is 3.50. The summed E-state index contributed by atoms with van der Waals surface area (Å²) in [4.78, 5) is 0. The first-order valence-corrected chi connectivity index (χ1v) is 6.84. The molecule has 0 saturated carbocycles. The summed E-state index contributed by atoms with van der Waals surface area (Å²) >= 11 is 0. The van der Waals surface area contributed by atoms with E-state index in [1.807, 2.05) is 4.68 Å². The fourth-order valence-electron chi connectivity index (χ4n) is 2.62. The van der Waals surface area contributed by atoms with Crippen molar-refractivity contribution in [2.24, 2.45) is 5.92 Å². The van der Waals surface area contributed by atoms with E-state index in [0.717, 1.165) is 25.3 Å². The molecule has 0 radical (unpaired) electrons. The molecule has 0 saturated heterocycles. The number of anilines is 1. The molecule has 0 amide bonds. The first-order chi connectivity index (χ1) is 9.24. The maximum absolute atomic E-state index is 4.08. The van der Waals surface area contributed by atoms with Gasteiger partial charge in [-0.3, -0.25) is 0 Å². The van der Waals surface area contributed by atoms with Crippen LogP contribution in [0.1, 0.15) is 37.4 Å². The molecule has 1 aromatic heterocycles. The summed E-state index contributed by atoms with van der Waals surface area (Å²) in [6.07, 6.45) is 2.14. The van der Waals surface area contributed by atoms with Gasteiger partial charge in [-0.2, -0.15) is 0 Å². The van der Waals surface area contributed by atoms with E-state index >= 15 is 0 Å². The Bertz CT molecular complexity index is 543. The predicted octanol–water partition coefficient (Wildman–Crippen LogP) is 2.28. The van der Waals surface area contributed by atoms with Gasteiger partial charge in [0.1, 0.15) is 0 Å². The van der Waals surface area contributed by atoms with Gasteiger partial charge in [-0.15, -0.1) is 0 Å². The minimum Gasteiger partial charge on any atom is -0.353 e. The number of fused-ring (bicyclic) bond motifs is 1. The van der Waals surface area contributed by atoms with E-state index < -0.39 is 0 Å². The number of hydrogen-bond donors (Lipinski definition) is 1. The number of rotatable bonds is 3. The van der Waals surface area contributed by atoms with Gasteiger partial charge >= 0.3 is 0 Å². The van der Waals surface area contributed by atoms with E-state index in [9.17, 15) is 0 Å². The van der Waals surface area contributed by atoms with Gasteiger partial charge in [-0.1, -0.05) is 43.2 Å². The van der Waals surface area contributed by atoms with Gasteiger partial charge in [0.2, 0.25) is 5.95 Å². The van der Waals surface area contributed by atoms with Gasteiger partial charge in [-0.05, 0) is 40.3 Å². The molecule has 5 nitrogen and oxygen atoms in total. The highest BCUT2D eigenvalue weighted by atomic mass is 15.6. The Labute approximate surface area is 113 Å². The van der Waals surface area contributed by atoms with Crippen LogP contribution in [0, 0.1) is 5.92 Å². The Morgan fingerprint density at radius 2 is 2.11 bits per heavy atom. The average Bonchev–Trinajstić information content (AvgIpc) is 2.87. The number of nitrogens with zero attached hydrogens (tertiary/aromatic N) is 4. The Balaban J connectivity index is 1.84. The highest BCUT2D eigenvalue weighted by Gasteiger charge is 2.23. The molecule has 0 bridgehead atoms. The highest BCUT2D eigenvalue weighted by molar-refractivity contribution is 5.32. The monoisotopic (exact) mass is 257 g/mol. The highest BCUT2D eigenvalue weighted by Crippen LogP contribution is 2.27. The zero-order chi connectivity index (χ0) is 13.2. The van der Waals surface area contributed by atoms with Crippen LogP contribution >= 0.6 is 0 Å². The third kappa shape index (κ3) is 2.45. The first-order valence-electron chi connectivity index (χ1n) is 6.84. The van der Waals surface area contributed by atoms with Crippen LogP contribution in [-0.4, -0.2) is 26.8 Å². The smallest absolute Gasteiger partial charge is 0.243 e. The van der Waals surface area contributed by atoms with Crippen molar-refractivity contribution in [1.82, 2.24) is 20.2 Å². The molecule has 3 rings (SSSR count). The molecule has 1 unspecified atom stereocenters. The Morgan fingerprint density at radius 1 is 1.32 bits per heavy atom. The minimum absolute atomic E-state index is 0.249.